The van der Waals surface area contributed by atoms with Gasteiger partial charge in [-0.2, -0.15) is 4.98 Å². The number of benzene rings is 3. The van der Waals surface area contributed by atoms with Crippen LogP contribution in [0, 0.1) is 6.92 Å². The SMILES string of the molecule is CCCSc1nc2n(n1)C(c1ccc(OCc3ccccc3)c(OC)c1)C(C(=O)Nc1ccccc1C)=C(C)N2. The maximum Gasteiger partial charge on any atom is 0.255 e. The summed E-state index contributed by atoms with van der Waals surface area (Å²) < 4.78 is 13.6. The summed E-state index contributed by atoms with van der Waals surface area (Å²) in [5.74, 6) is 2.48. The second-order valence-electron chi connectivity index (χ2n) is 9.53. The third-order valence-corrected chi connectivity index (χ3v) is 7.69. The molecule has 9 heteroatoms. The molecule has 0 spiro atoms. The molecule has 0 saturated carbocycles. The molecule has 3 aromatic carbocycles. The summed E-state index contributed by atoms with van der Waals surface area (Å²) in [5, 5.41) is 11.9. The summed E-state index contributed by atoms with van der Waals surface area (Å²) >= 11 is 1.59. The lowest BCUT2D eigenvalue weighted by atomic mass is 9.94. The molecule has 2 heterocycles. The van der Waals surface area contributed by atoms with E-state index in [1.54, 1.807) is 23.6 Å². The van der Waals surface area contributed by atoms with Gasteiger partial charge in [-0.3, -0.25) is 4.79 Å². The van der Waals surface area contributed by atoms with E-state index >= 15 is 0 Å². The summed E-state index contributed by atoms with van der Waals surface area (Å²) in [7, 11) is 1.62. The number of para-hydroxylation sites is 1. The van der Waals surface area contributed by atoms with Crippen molar-refractivity contribution in [1.29, 1.82) is 0 Å². The monoisotopic (exact) mass is 555 g/mol. The molecule has 206 valence electrons. The van der Waals surface area contributed by atoms with Crippen LogP contribution >= 0.6 is 11.8 Å². The molecule has 1 unspecified atom stereocenters. The van der Waals surface area contributed by atoms with Crippen LogP contribution in [0.4, 0.5) is 11.6 Å². The number of allylic oxidation sites excluding steroid dienone is 1. The highest BCUT2D eigenvalue weighted by Crippen LogP contribution is 2.40. The average Bonchev–Trinajstić information content (AvgIpc) is 3.38. The lowest BCUT2D eigenvalue weighted by Crippen LogP contribution is -2.31. The van der Waals surface area contributed by atoms with Gasteiger partial charge in [0.1, 0.15) is 12.6 Å². The Morgan fingerprint density at radius 2 is 1.82 bits per heavy atom. The first kappa shape index (κ1) is 27.3. The Hall–Kier alpha value is -4.24. The minimum Gasteiger partial charge on any atom is -0.493 e. The van der Waals surface area contributed by atoms with Crippen molar-refractivity contribution in [3.63, 3.8) is 0 Å². The van der Waals surface area contributed by atoms with Gasteiger partial charge in [-0.1, -0.05) is 73.3 Å². The molecule has 2 N–H and O–H groups in total. The van der Waals surface area contributed by atoms with Gasteiger partial charge in [-0.15, -0.1) is 5.10 Å². The van der Waals surface area contributed by atoms with Crippen molar-refractivity contribution in [3.05, 3.63) is 101 Å². The third kappa shape index (κ3) is 5.84. The number of methoxy groups -OCH3 is 1. The number of nitrogens with zero attached hydrogens (tertiary/aromatic N) is 3. The van der Waals surface area contributed by atoms with Crippen LogP contribution in [-0.4, -0.2) is 33.5 Å². The number of aromatic nitrogens is 3. The van der Waals surface area contributed by atoms with Crippen LogP contribution in [0.15, 0.2) is 89.2 Å². The van der Waals surface area contributed by atoms with Crippen LogP contribution in [0.3, 0.4) is 0 Å². The van der Waals surface area contributed by atoms with Crippen molar-refractivity contribution >= 4 is 29.3 Å². The first-order chi connectivity index (χ1) is 19.5. The number of nitrogens with one attached hydrogen (secondary N) is 2. The van der Waals surface area contributed by atoms with Gasteiger partial charge in [0.15, 0.2) is 11.5 Å². The fourth-order valence-corrected chi connectivity index (χ4v) is 5.28. The molecule has 0 saturated heterocycles. The van der Waals surface area contributed by atoms with E-state index in [4.69, 9.17) is 19.6 Å². The highest BCUT2D eigenvalue weighted by Gasteiger charge is 2.35. The summed E-state index contributed by atoms with van der Waals surface area (Å²) in [6.07, 6.45) is 1.01. The highest BCUT2D eigenvalue weighted by molar-refractivity contribution is 7.99. The number of carbonyl (C=O) groups excluding carboxylic acids is 1. The number of thioether (sulfide) groups is 1. The Kier molecular flexibility index (Phi) is 8.40. The second kappa shape index (κ2) is 12.3. The minimum absolute atomic E-state index is 0.211. The maximum atomic E-state index is 13.9. The van der Waals surface area contributed by atoms with Gasteiger partial charge >= 0.3 is 0 Å². The fourth-order valence-electron chi connectivity index (χ4n) is 4.60. The molecule has 1 aliphatic rings. The van der Waals surface area contributed by atoms with Crippen molar-refractivity contribution in [2.45, 2.75) is 45.0 Å². The predicted molar refractivity (Wildman–Crippen MR) is 159 cm³/mol. The number of hydrogen-bond acceptors (Lipinski definition) is 7. The maximum absolute atomic E-state index is 13.9. The van der Waals surface area contributed by atoms with Crippen LogP contribution in [0.25, 0.3) is 0 Å². The van der Waals surface area contributed by atoms with E-state index in [1.807, 2.05) is 86.6 Å². The van der Waals surface area contributed by atoms with Crippen LogP contribution < -0.4 is 20.1 Å². The number of hydrogen-bond donors (Lipinski definition) is 2. The molecule has 8 nitrogen and oxygen atoms in total. The zero-order valence-corrected chi connectivity index (χ0v) is 23.9. The average molecular weight is 556 g/mol. The molecule has 1 atom stereocenters. The van der Waals surface area contributed by atoms with Gasteiger partial charge < -0.3 is 20.1 Å². The number of fused-ring (bicyclic) bond motifs is 1. The smallest absolute Gasteiger partial charge is 0.255 e. The van der Waals surface area contributed by atoms with Crippen LogP contribution in [0.5, 0.6) is 11.5 Å². The summed E-state index contributed by atoms with van der Waals surface area (Å²) in [6, 6.07) is 22.9. The molecule has 0 aliphatic carbocycles. The molecule has 0 fully saturated rings. The van der Waals surface area contributed by atoms with E-state index in [-0.39, 0.29) is 5.91 Å². The van der Waals surface area contributed by atoms with Crippen LogP contribution in [0.1, 0.15) is 43.0 Å². The molecule has 1 aliphatic heterocycles. The number of aryl methyl sites for hydroxylation is 1. The molecule has 0 bridgehead atoms. The molecule has 5 rings (SSSR count). The highest BCUT2D eigenvalue weighted by atomic mass is 32.2. The van der Waals surface area contributed by atoms with E-state index < -0.39 is 6.04 Å². The standard InChI is InChI=1S/C31H33N5O3S/c1-5-17-40-31-34-30-32-21(3)27(29(37)33-24-14-10-9-11-20(24)2)28(36(30)35-31)23-15-16-25(26(18-23)38-4)39-19-22-12-7-6-8-13-22/h6-16,18,28H,5,17,19H2,1-4H3,(H,33,37)(H,32,34,35). The Bertz CT molecular complexity index is 1530. The van der Waals surface area contributed by atoms with E-state index in [0.29, 0.717) is 40.5 Å². The number of amides is 1. The zero-order chi connectivity index (χ0) is 28.1. The quantitative estimate of drug-likeness (QED) is 0.213. The Morgan fingerprint density at radius 3 is 2.58 bits per heavy atom. The second-order valence-corrected chi connectivity index (χ2v) is 10.6. The predicted octanol–water partition coefficient (Wildman–Crippen LogP) is 6.60. The van der Waals surface area contributed by atoms with E-state index in [9.17, 15) is 4.79 Å². The molecule has 1 aromatic heterocycles. The topological polar surface area (TPSA) is 90.3 Å². The number of rotatable bonds is 10. The summed E-state index contributed by atoms with van der Waals surface area (Å²) in [5.41, 5.74) is 4.90. The molecular weight excluding hydrogens is 522 g/mol. The van der Waals surface area contributed by atoms with Crippen molar-refractivity contribution < 1.29 is 14.3 Å². The lowest BCUT2D eigenvalue weighted by molar-refractivity contribution is -0.113. The van der Waals surface area contributed by atoms with Gasteiger partial charge in [-0.25, -0.2) is 4.68 Å². The van der Waals surface area contributed by atoms with Crippen molar-refractivity contribution in [2.75, 3.05) is 23.5 Å². The fraction of sp³-hybridized carbons (Fsp3) is 0.258. The largest absolute Gasteiger partial charge is 0.493 e. The number of ether oxygens (including phenoxy) is 2. The lowest BCUT2D eigenvalue weighted by Gasteiger charge is -2.29. The van der Waals surface area contributed by atoms with Gasteiger partial charge in [-0.05, 0) is 55.2 Å². The molecular formula is C31H33N5O3S. The number of anilines is 2. The van der Waals surface area contributed by atoms with Crippen LogP contribution in [-0.2, 0) is 11.4 Å². The van der Waals surface area contributed by atoms with E-state index in [2.05, 4.69) is 17.6 Å². The Morgan fingerprint density at radius 1 is 1.05 bits per heavy atom. The van der Waals surface area contributed by atoms with Gasteiger partial charge in [0.25, 0.3) is 5.91 Å². The minimum atomic E-state index is -0.527. The number of carbonyl (C=O) groups is 1. The normalized spacial score (nSPS) is 14.3. The van der Waals surface area contributed by atoms with Gasteiger partial charge in [0, 0.05) is 17.1 Å². The van der Waals surface area contributed by atoms with Crippen molar-refractivity contribution in [1.82, 2.24) is 14.8 Å². The zero-order valence-electron chi connectivity index (χ0n) is 23.1. The van der Waals surface area contributed by atoms with E-state index in [1.165, 1.54) is 0 Å². The Labute approximate surface area is 238 Å². The molecule has 1 amide bonds. The molecule has 4 aromatic rings. The summed E-state index contributed by atoms with van der Waals surface area (Å²) in [6.45, 7) is 6.40. The Balaban J connectivity index is 1.52. The van der Waals surface area contributed by atoms with Crippen molar-refractivity contribution in [3.8, 4) is 11.5 Å². The molecule has 40 heavy (non-hydrogen) atoms. The first-order valence-corrected chi connectivity index (χ1v) is 14.3. The van der Waals surface area contributed by atoms with Crippen LogP contribution in [0.2, 0.25) is 0 Å². The van der Waals surface area contributed by atoms with Gasteiger partial charge in [0.05, 0.1) is 12.7 Å². The summed E-state index contributed by atoms with van der Waals surface area (Å²) in [4.78, 5) is 18.6. The van der Waals surface area contributed by atoms with Gasteiger partial charge in [0.2, 0.25) is 11.1 Å². The first-order valence-electron chi connectivity index (χ1n) is 13.3. The van der Waals surface area contributed by atoms with E-state index in [0.717, 1.165) is 34.6 Å². The molecule has 0 radical (unpaired) electrons. The van der Waals surface area contributed by atoms with Crippen molar-refractivity contribution in [2.24, 2.45) is 0 Å². The third-order valence-electron chi connectivity index (χ3n) is 6.65.